The van der Waals surface area contributed by atoms with Gasteiger partial charge in [0.1, 0.15) is 0 Å². The number of rotatable bonds is 0. The average molecular weight is 267 g/mol. The Labute approximate surface area is 96.4 Å². The van der Waals surface area contributed by atoms with Gasteiger partial charge in [0.15, 0.2) is 0 Å². The molecule has 15 heavy (non-hydrogen) atoms. The number of nitrogens with zero attached hydrogens (tertiary/aromatic N) is 1. The number of hydrogen-bond donors (Lipinski definition) is 1. The first-order chi connectivity index (χ1) is 7.16. The average Bonchev–Trinajstić information content (AvgIpc) is 2.66. The summed E-state index contributed by atoms with van der Waals surface area (Å²) < 4.78 is 1.06. The SMILES string of the molecule is NC1CC(=O)N2c3ccc(Br)cc3CC12. The third kappa shape index (κ3) is 1.25. The van der Waals surface area contributed by atoms with Gasteiger partial charge in [-0.25, -0.2) is 0 Å². The largest absolute Gasteiger partial charge is 0.325 e. The quantitative estimate of drug-likeness (QED) is 0.773. The molecule has 0 aromatic heterocycles. The molecule has 78 valence electrons. The van der Waals surface area contributed by atoms with Crippen molar-refractivity contribution in [2.45, 2.75) is 24.9 Å². The first kappa shape index (κ1) is 9.36. The van der Waals surface area contributed by atoms with E-state index in [2.05, 4.69) is 22.0 Å². The van der Waals surface area contributed by atoms with Crippen LogP contribution in [0.2, 0.25) is 0 Å². The lowest BCUT2D eigenvalue weighted by atomic mass is 10.0. The van der Waals surface area contributed by atoms with Crippen molar-refractivity contribution in [1.29, 1.82) is 0 Å². The van der Waals surface area contributed by atoms with Crippen LogP contribution in [-0.2, 0) is 11.2 Å². The maximum absolute atomic E-state index is 11.7. The Kier molecular flexibility index (Phi) is 1.91. The fourth-order valence-corrected chi connectivity index (χ4v) is 2.95. The lowest BCUT2D eigenvalue weighted by Gasteiger charge is -2.18. The van der Waals surface area contributed by atoms with Crippen molar-refractivity contribution in [3.05, 3.63) is 28.2 Å². The number of carbonyl (C=O) groups is 1. The summed E-state index contributed by atoms with van der Waals surface area (Å²) >= 11 is 3.44. The van der Waals surface area contributed by atoms with Gasteiger partial charge in [-0.15, -0.1) is 0 Å². The lowest BCUT2D eigenvalue weighted by Crippen LogP contribution is -2.37. The van der Waals surface area contributed by atoms with Gasteiger partial charge in [-0.3, -0.25) is 4.79 Å². The Morgan fingerprint density at radius 2 is 2.20 bits per heavy atom. The zero-order valence-corrected chi connectivity index (χ0v) is 9.70. The molecule has 2 unspecified atom stereocenters. The van der Waals surface area contributed by atoms with E-state index in [4.69, 9.17) is 5.73 Å². The fourth-order valence-electron chi connectivity index (χ4n) is 2.55. The molecule has 3 nitrogen and oxygen atoms in total. The molecule has 1 saturated heterocycles. The van der Waals surface area contributed by atoms with Crippen molar-refractivity contribution in [2.75, 3.05) is 4.90 Å². The molecule has 2 atom stereocenters. The summed E-state index contributed by atoms with van der Waals surface area (Å²) in [5.41, 5.74) is 8.22. The Hall–Kier alpha value is -0.870. The van der Waals surface area contributed by atoms with Gasteiger partial charge in [0.25, 0.3) is 0 Å². The first-order valence-electron chi connectivity index (χ1n) is 5.03. The second-order valence-electron chi connectivity index (χ2n) is 4.18. The number of carbonyl (C=O) groups excluding carboxylic acids is 1. The molecule has 2 heterocycles. The number of nitrogens with two attached hydrogens (primary N) is 1. The van der Waals surface area contributed by atoms with Crippen LogP contribution in [0.4, 0.5) is 5.69 Å². The van der Waals surface area contributed by atoms with Gasteiger partial charge in [0.05, 0.1) is 6.04 Å². The predicted molar refractivity (Wildman–Crippen MR) is 61.7 cm³/mol. The molecule has 2 N–H and O–H groups in total. The van der Waals surface area contributed by atoms with Crippen LogP contribution in [0.15, 0.2) is 22.7 Å². The van der Waals surface area contributed by atoms with E-state index in [0.29, 0.717) is 6.42 Å². The minimum atomic E-state index is -0.0105. The minimum absolute atomic E-state index is 0.0105. The van der Waals surface area contributed by atoms with Gasteiger partial charge in [0.2, 0.25) is 5.91 Å². The molecule has 0 aliphatic carbocycles. The van der Waals surface area contributed by atoms with Crippen molar-refractivity contribution in [3.8, 4) is 0 Å². The molecule has 4 heteroatoms. The fraction of sp³-hybridized carbons (Fsp3) is 0.364. The molecule has 0 saturated carbocycles. The van der Waals surface area contributed by atoms with Gasteiger partial charge in [-0.1, -0.05) is 15.9 Å². The summed E-state index contributed by atoms with van der Waals surface area (Å²) in [6.07, 6.45) is 1.38. The molecule has 3 rings (SSSR count). The lowest BCUT2D eigenvalue weighted by molar-refractivity contribution is -0.117. The Balaban J connectivity index is 2.10. The van der Waals surface area contributed by atoms with Gasteiger partial charge in [-0.05, 0) is 30.2 Å². The minimum Gasteiger partial charge on any atom is -0.325 e. The van der Waals surface area contributed by atoms with E-state index >= 15 is 0 Å². The number of anilines is 1. The summed E-state index contributed by atoms with van der Waals surface area (Å²) in [6.45, 7) is 0. The molecule has 2 aliphatic heterocycles. The second-order valence-corrected chi connectivity index (χ2v) is 5.09. The maximum atomic E-state index is 11.7. The van der Waals surface area contributed by atoms with E-state index in [1.54, 1.807) is 0 Å². The maximum Gasteiger partial charge on any atom is 0.228 e. The van der Waals surface area contributed by atoms with Crippen LogP contribution in [0.25, 0.3) is 0 Å². The molecule has 1 aromatic carbocycles. The molecular weight excluding hydrogens is 256 g/mol. The standard InChI is InChI=1S/C11H11BrN2O/c12-7-1-2-9-6(3-7)4-10-8(13)5-11(15)14(9)10/h1-3,8,10H,4-5,13H2. The van der Waals surface area contributed by atoms with Gasteiger partial charge < -0.3 is 10.6 Å². The zero-order chi connectivity index (χ0) is 10.6. The molecule has 1 fully saturated rings. The van der Waals surface area contributed by atoms with Gasteiger partial charge in [0, 0.05) is 22.6 Å². The van der Waals surface area contributed by atoms with Gasteiger partial charge in [-0.2, -0.15) is 0 Å². The van der Waals surface area contributed by atoms with Crippen molar-refractivity contribution in [1.82, 2.24) is 0 Å². The van der Waals surface area contributed by atoms with E-state index in [0.717, 1.165) is 16.6 Å². The van der Waals surface area contributed by atoms with Crippen LogP contribution < -0.4 is 10.6 Å². The van der Waals surface area contributed by atoms with Crippen molar-refractivity contribution >= 4 is 27.5 Å². The highest BCUT2D eigenvalue weighted by molar-refractivity contribution is 9.10. The summed E-state index contributed by atoms with van der Waals surface area (Å²) in [5.74, 6) is 0.161. The van der Waals surface area contributed by atoms with E-state index in [1.807, 2.05) is 17.0 Å². The molecule has 0 radical (unpaired) electrons. The number of amides is 1. The van der Waals surface area contributed by atoms with Crippen LogP contribution in [-0.4, -0.2) is 18.0 Å². The van der Waals surface area contributed by atoms with Crippen LogP contribution >= 0.6 is 15.9 Å². The Morgan fingerprint density at radius 3 is 3.00 bits per heavy atom. The highest BCUT2D eigenvalue weighted by Crippen LogP contribution is 2.39. The third-order valence-corrected chi connectivity index (χ3v) is 3.73. The molecule has 2 aliphatic rings. The number of halogens is 1. The van der Waals surface area contributed by atoms with E-state index in [1.165, 1.54) is 5.56 Å². The van der Waals surface area contributed by atoms with Crippen LogP contribution in [0, 0.1) is 0 Å². The molecule has 0 spiro atoms. The summed E-state index contributed by atoms with van der Waals surface area (Å²) in [7, 11) is 0. The Bertz CT molecular complexity index is 446. The summed E-state index contributed by atoms with van der Waals surface area (Å²) in [6, 6.07) is 6.21. The third-order valence-electron chi connectivity index (χ3n) is 3.24. The zero-order valence-electron chi connectivity index (χ0n) is 8.11. The first-order valence-corrected chi connectivity index (χ1v) is 5.82. The monoisotopic (exact) mass is 266 g/mol. The van der Waals surface area contributed by atoms with Crippen LogP contribution in [0.3, 0.4) is 0 Å². The summed E-state index contributed by atoms with van der Waals surface area (Å²) in [5, 5.41) is 0. The van der Waals surface area contributed by atoms with Crippen LogP contribution in [0.5, 0.6) is 0 Å². The molecular formula is C11H11BrN2O. The van der Waals surface area contributed by atoms with E-state index < -0.39 is 0 Å². The van der Waals surface area contributed by atoms with E-state index in [-0.39, 0.29) is 18.0 Å². The number of hydrogen-bond acceptors (Lipinski definition) is 2. The summed E-state index contributed by atoms with van der Waals surface area (Å²) in [4.78, 5) is 13.6. The molecule has 0 bridgehead atoms. The van der Waals surface area contributed by atoms with Crippen molar-refractivity contribution in [2.24, 2.45) is 5.73 Å². The highest BCUT2D eigenvalue weighted by Gasteiger charge is 2.43. The second kappa shape index (κ2) is 3.06. The normalized spacial score (nSPS) is 28.1. The highest BCUT2D eigenvalue weighted by atomic mass is 79.9. The van der Waals surface area contributed by atoms with Crippen molar-refractivity contribution in [3.63, 3.8) is 0 Å². The predicted octanol–water partition coefficient (Wildman–Crippen LogP) is 1.44. The Morgan fingerprint density at radius 1 is 1.40 bits per heavy atom. The number of benzene rings is 1. The molecule has 1 amide bonds. The van der Waals surface area contributed by atoms with Crippen LogP contribution in [0.1, 0.15) is 12.0 Å². The smallest absolute Gasteiger partial charge is 0.228 e. The number of fused-ring (bicyclic) bond motifs is 3. The van der Waals surface area contributed by atoms with Gasteiger partial charge >= 0.3 is 0 Å². The molecule has 1 aromatic rings. The van der Waals surface area contributed by atoms with Crippen molar-refractivity contribution < 1.29 is 4.79 Å². The van der Waals surface area contributed by atoms with E-state index in [9.17, 15) is 4.79 Å². The topological polar surface area (TPSA) is 46.3 Å².